The third-order valence-corrected chi connectivity index (χ3v) is 4.71. The van der Waals surface area contributed by atoms with Crippen LogP contribution in [0.5, 0.6) is 0 Å². The predicted molar refractivity (Wildman–Crippen MR) is 71.9 cm³/mol. The fourth-order valence-electron chi connectivity index (χ4n) is 2.58. The summed E-state index contributed by atoms with van der Waals surface area (Å²) in [6.45, 7) is 0. The molecule has 0 amide bonds. The summed E-state index contributed by atoms with van der Waals surface area (Å²) in [7, 11) is 0. The Morgan fingerprint density at radius 1 is 0.800 bits per heavy atom. The Kier molecular flexibility index (Phi) is 7.23. The normalized spacial score (nSPS) is 15.7. The van der Waals surface area contributed by atoms with Gasteiger partial charge in [0, 0.05) is 0 Å². The topological polar surface area (TPSA) is 0 Å². The number of hydrogen-bond donors (Lipinski definition) is 0. The second-order valence-electron chi connectivity index (χ2n) is 4.74. The maximum atomic E-state index is 2.46. The van der Waals surface area contributed by atoms with Crippen molar-refractivity contribution < 1.29 is 49.5 Å². The van der Waals surface area contributed by atoms with Crippen LogP contribution in [-0.4, -0.2) is 0 Å². The molecule has 3 rings (SSSR count). The van der Waals surface area contributed by atoms with Gasteiger partial charge in [0.1, 0.15) is 0 Å². The minimum absolute atomic E-state index is 0. The number of fused-ring (bicyclic) bond motifs is 1. The van der Waals surface area contributed by atoms with E-state index in [0.717, 1.165) is 12.8 Å². The van der Waals surface area contributed by atoms with Gasteiger partial charge in [0.05, 0.1) is 0 Å². The van der Waals surface area contributed by atoms with E-state index < -0.39 is 0 Å². The standard InChI is InChI=1S/C17H15.2ClH.Zr/c1-2-6-14(7-3-1)10-11-16-13-12-15-8-4-5-9-17(15)16;;;/h1-9,12-13H,10-11H2;2*1H;/q;;;+2/p-2. The van der Waals surface area contributed by atoms with Crippen molar-refractivity contribution >= 4 is 5.57 Å². The third kappa shape index (κ3) is 3.85. The van der Waals surface area contributed by atoms with Crippen LogP contribution >= 0.6 is 0 Å². The number of halogens is 2. The van der Waals surface area contributed by atoms with E-state index in [1.807, 2.05) is 0 Å². The van der Waals surface area contributed by atoms with Crippen molar-refractivity contribution in [1.82, 2.24) is 0 Å². The molecule has 0 heterocycles. The molecule has 0 aromatic heterocycles. The van der Waals surface area contributed by atoms with Gasteiger partial charge in [-0.1, -0.05) is 0 Å². The first kappa shape index (κ1) is 17.7. The quantitative estimate of drug-likeness (QED) is 0.596. The van der Waals surface area contributed by atoms with Crippen LogP contribution in [0.15, 0.2) is 60.7 Å². The van der Waals surface area contributed by atoms with E-state index >= 15 is 0 Å². The first-order valence-corrected chi connectivity index (χ1v) is 7.81. The molecule has 0 spiro atoms. The number of hydrogen-bond acceptors (Lipinski definition) is 0. The van der Waals surface area contributed by atoms with E-state index in [2.05, 4.69) is 60.7 Å². The average Bonchev–Trinajstić information content (AvgIpc) is 2.75. The molecule has 2 aromatic rings. The fourth-order valence-corrected chi connectivity index (χ4v) is 3.70. The monoisotopic (exact) mass is 379 g/mol. The molecular formula is C17H15Cl2Zr. The summed E-state index contributed by atoms with van der Waals surface area (Å²) >= 11 is 1.59. The summed E-state index contributed by atoms with van der Waals surface area (Å²) in [6.07, 6.45) is 4.77. The maximum absolute atomic E-state index is 2.46. The number of allylic oxidation sites excluding steroid dienone is 2. The molecule has 0 saturated carbocycles. The molecular weight excluding hydrogens is 366 g/mol. The van der Waals surface area contributed by atoms with Crippen LogP contribution in [0.25, 0.3) is 5.57 Å². The molecule has 0 nitrogen and oxygen atoms in total. The van der Waals surface area contributed by atoms with Crippen molar-refractivity contribution in [1.29, 1.82) is 0 Å². The summed E-state index contributed by atoms with van der Waals surface area (Å²) in [5, 5.41) is 0. The molecule has 20 heavy (non-hydrogen) atoms. The molecule has 0 N–H and O–H groups in total. The van der Waals surface area contributed by atoms with Crippen LogP contribution < -0.4 is 24.8 Å². The Labute approximate surface area is 148 Å². The van der Waals surface area contributed by atoms with E-state index in [4.69, 9.17) is 0 Å². The summed E-state index contributed by atoms with van der Waals surface area (Å²) in [6, 6.07) is 19.6. The van der Waals surface area contributed by atoms with Crippen molar-refractivity contribution in [3.63, 3.8) is 0 Å². The average molecular weight is 381 g/mol. The van der Waals surface area contributed by atoms with E-state index in [0.29, 0.717) is 3.63 Å². The Bertz CT molecular complexity index is 579. The van der Waals surface area contributed by atoms with Gasteiger partial charge in [-0.15, -0.1) is 0 Å². The Morgan fingerprint density at radius 3 is 2.20 bits per heavy atom. The Morgan fingerprint density at radius 2 is 1.45 bits per heavy atom. The zero-order valence-corrected chi connectivity index (χ0v) is 15.0. The molecule has 0 aliphatic heterocycles. The van der Waals surface area contributed by atoms with Gasteiger partial charge in [-0.2, -0.15) is 0 Å². The number of aryl methyl sites for hydroxylation is 1. The Hall–Kier alpha value is -0.357. The molecule has 3 heteroatoms. The van der Waals surface area contributed by atoms with Gasteiger partial charge in [-0.3, -0.25) is 0 Å². The van der Waals surface area contributed by atoms with Crippen LogP contribution in [0, 0.1) is 0 Å². The van der Waals surface area contributed by atoms with E-state index in [1.54, 1.807) is 24.7 Å². The molecule has 101 valence electrons. The SMILES string of the molecule is [Cl-].[Cl-].[Zr+2][CH]1C=C(CCc2ccccc2)c2ccccc21. The molecule has 0 bridgehead atoms. The minimum atomic E-state index is 0. The van der Waals surface area contributed by atoms with Crippen molar-refractivity contribution in [3.05, 3.63) is 77.4 Å². The van der Waals surface area contributed by atoms with Crippen LogP contribution in [0.3, 0.4) is 0 Å². The zero-order chi connectivity index (χ0) is 12.4. The second-order valence-corrected chi connectivity index (χ2v) is 6.27. The summed E-state index contributed by atoms with van der Waals surface area (Å²) in [5.74, 6) is 0. The number of benzene rings is 2. The zero-order valence-electron chi connectivity index (χ0n) is 11.0. The summed E-state index contributed by atoms with van der Waals surface area (Å²) in [4.78, 5) is 0. The van der Waals surface area contributed by atoms with Gasteiger partial charge in [0.15, 0.2) is 0 Å². The summed E-state index contributed by atoms with van der Waals surface area (Å²) in [5.41, 5.74) is 5.98. The van der Waals surface area contributed by atoms with Gasteiger partial charge >= 0.3 is 124 Å². The molecule has 1 unspecified atom stereocenters. The van der Waals surface area contributed by atoms with Gasteiger partial charge in [-0.25, -0.2) is 0 Å². The number of rotatable bonds is 3. The Balaban J connectivity index is 0.000001000. The van der Waals surface area contributed by atoms with Crippen molar-refractivity contribution in [2.24, 2.45) is 0 Å². The van der Waals surface area contributed by atoms with Crippen molar-refractivity contribution in [2.45, 2.75) is 16.5 Å². The predicted octanol–water partition coefficient (Wildman–Crippen LogP) is -1.69. The molecule has 0 saturated heterocycles. The van der Waals surface area contributed by atoms with E-state index in [-0.39, 0.29) is 24.8 Å². The van der Waals surface area contributed by atoms with Gasteiger partial charge in [0.25, 0.3) is 0 Å². The van der Waals surface area contributed by atoms with Gasteiger partial charge in [-0.05, 0) is 0 Å². The summed E-state index contributed by atoms with van der Waals surface area (Å²) < 4.78 is 0.666. The van der Waals surface area contributed by atoms with E-state index in [1.165, 1.54) is 22.3 Å². The molecule has 1 aliphatic carbocycles. The second kappa shape index (κ2) is 8.18. The molecule has 1 aliphatic rings. The first-order chi connectivity index (χ1) is 8.84. The molecule has 0 radical (unpaired) electrons. The van der Waals surface area contributed by atoms with Crippen LogP contribution in [0.4, 0.5) is 0 Å². The van der Waals surface area contributed by atoms with Crippen molar-refractivity contribution in [3.8, 4) is 0 Å². The van der Waals surface area contributed by atoms with Gasteiger partial charge < -0.3 is 24.8 Å². The van der Waals surface area contributed by atoms with Crippen LogP contribution in [0.1, 0.15) is 26.7 Å². The molecule has 0 fully saturated rings. The van der Waals surface area contributed by atoms with Gasteiger partial charge in [0.2, 0.25) is 0 Å². The van der Waals surface area contributed by atoms with E-state index in [9.17, 15) is 0 Å². The molecule has 2 aromatic carbocycles. The van der Waals surface area contributed by atoms with Crippen LogP contribution in [0.2, 0.25) is 0 Å². The third-order valence-electron chi connectivity index (χ3n) is 3.54. The van der Waals surface area contributed by atoms with Crippen molar-refractivity contribution in [2.75, 3.05) is 0 Å². The van der Waals surface area contributed by atoms with Crippen LogP contribution in [-0.2, 0) is 31.1 Å². The first-order valence-electron chi connectivity index (χ1n) is 6.39. The molecule has 1 atom stereocenters. The fraction of sp³-hybridized carbons (Fsp3) is 0.176.